The maximum atomic E-state index is 13.0. The van der Waals surface area contributed by atoms with Crippen molar-refractivity contribution in [1.29, 1.82) is 0 Å². The van der Waals surface area contributed by atoms with Crippen molar-refractivity contribution in [3.05, 3.63) is 81.0 Å². The molecule has 4 rings (SSSR count). The molecule has 2 heterocycles. The Kier molecular flexibility index (Phi) is 4.68. The van der Waals surface area contributed by atoms with E-state index >= 15 is 0 Å². The van der Waals surface area contributed by atoms with Crippen LogP contribution in [0.5, 0.6) is 0 Å². The highest BCUT2D eigenvalue weighted by molar-refractivity contribution is 6.30. The van der Waals surface area contributed by atoms with Crippen molar-refractivity contribution in [1.82, 2.24) is 19.3 Å². The highest BCUT2D eigenvalue weighted by atomic mass is 35.5. The summed E-state index contributed by atoms with van der Waals surface area (Å²) >= 11 is 5.97. The Morgan fingerprint density at radius 2 is 1.72 bits per heavy atom. The van der Waals surface area contributed by atoms with E-state index < -0.39 is 5.91 Å². The second-order valence-electron chi connectivity index (χ2n) is 6.93. The molecule has 0 atom stereocenters. The molecule has 2 aromatic heterocycles. The van der Waals surface area contributed by atoms with Gasteiger partial charge in [-0.3, -0.25) is 9.59 Å². The Bertz CT molecular complexity index is 1290. The van der Waals surface area contributed by atoms with Gasteiger partial charge in [-0.1, -0.05) is 17.7 Å². The van der Waals surface area contributed by atoms with Crippen LogP contribution in [0.25, 0.3) is 16.7 Å². The molecular formula is C21H18ClN5O2. The molecule has 0 aliphatic heterocycles. The van der Waals surface area contributed by atoms with Gasteiger partial charge in [-0.25, -0.2) is 9.67 Å². The molecule has 146 valence electrons. The third-order valence-electron chi connectivity index (χ3n) is 4.51. The van der Waals surface area contributed by atoms with E-state index in [0.29, 0.717) is 16.4 Å². The van der Waals surface area contributed by atoms with E-state index in [1.165, 1.54) is 15.6 Å². The van der Waals surface area contributed by atoms with Crippen LogP contribution in [0.2, 0.25) is 5.02 Å². The third kappa shape index (κ3) is 3.52. The van der Waals surface area contributed by atoms with Crippen molar-refractivity contribution in [2.45, 2.75) is 13.8 Å². The number of hydrogen-bond acceptors (Lipinski definition) is 4. The van der Waals surface area contributed by atoms with E-state index in [0.717, 1.165) is 11.1 Å². The van der Waals surface area contributed by atoms with Gasteiger partial charge in [-0.2, -0.15) is 5.10 Å². The Morgan fingerprint density at radius 3 is 2.38 bits per heavy atom. The van der Waals surface area contributed by atoms with Crippen LogP contribution < -0.4 is 10.9 Å². The summed E-state index contributed by atoms with van der Waals surface area (Å²) in [6.07, 6.45) is 1.38. The first-order valence-electron chi connectivity index (χ1n) is 8.93. The van der Waals surface area contributed by atoms with E-state index in [4.69, 9.17) is 11.6 Å². The van der Waals surface area contributed by atoms with Crippen LogP contribution >= 0.6 is 11.6 Å². The van der Waals surface area contributed by atoms with Crippen LogP contribution in [0, 0.1) is 13.8 Å². The van der Waals surface area contributed by atoms with Crippen LogP contribution in [-0.2, 0) is 7.05 Å². The summed E-state index contributed by atoms with van der Waals surface area (Å²) in [5.74, 6) is -0.437. The first-order chi connectivity index (χ1) is 13.8. The van der Waals surface area contributed by atoms with E-state index in [1.54, 1.807) is 31.3 Å². The molecule has 29 heavy (non-hydrogen) atoms. The predicted molar refractivity (Wildman–Crippen MR) is 113 cm³/mol. The van der Waals surface area contributed by atoms with Gasteiger partial charge in [0.1, 0.15) is 5.52 Å². The van der Waals surface area contributed by atoms with Crippen molar-refractivity contribution >= 4 is 34.2 Å². The molecular weight excluding hydrogens is 390 g/mol. The Hall–Kier alpha value is -3.45. The molecule has 0 unspecified atom stereocenters. The molecule has 0 aliphatic carbocycles. The summed E-state index contributed by atoms with van der Waals surface area (Å²) in [4.78, 5) is 30.1. The van der Waals surface area contributed by atoms with Crippen LogP contribution in [-0.4, -0.2) is 25.2 Å². The van der Waals surface area contributed by atoms with Gasteiger partial charge in [-0.15, -0.1) is 0 Å². The van der Waals surface area contributed by atoms with Crippen LogP contribution in [0.4, 0.5) is 5.69 Å². The molecule has 0 radical (unpaired) electrons. The van der Waals surface area contributed by atoms with Gasteiger partial charge in [0.05, 0.1) is 12.0 Å². The number of fused-ring (bicyclic) bond motifs is 1. The van der Waals surface area contributed by atoms with Gasteiger partial charge in [0.15, 0.2) is 11.2 Å². The summed E-state index contributed by atoms with van der Waals surface area (Å²) in [5, 5.41) is 7.83. The number of aromatic nitrogens is 4. The molecule has 0 spiro atoms. The molecule has 0 bridgehead atoms. The van der Waals surface area contributed by atoms with Gasteiger partial charge in [0, 0.05) is 17.8 Å². The molecule has 0 saturated heterocycles. The normalized spacial score (nSPS) is 11.0. The number of aryl methyl sites for hydroxylation is 3. The topological polar surface area (TPSA) is 81.8 Å². The van der Waals surface area contributed by atoms with Gasteiger partial charge in [0.25, 0.3) is 11.5 Å². The smallest absolute Gasteiger partial charge is 0.279 e. The van der Waals surface area contributed by atoms with E-state index in [-0.39, 0.29) is 22.3 Å². The summed E-state index contributed by atoms with van der Waals surface area (Å²) in [6.45, 7) is 3.91. The largest absolute Gasteiger partial charge is 0.321 e. The first kappa shape index (κ1) is 18.9. The Balaban J connectivity index is 1.86. The fourth-order valence-corrected chi connectivity index (χ4v) is 3.37. The van der Waals surface area contributed by atoms with Crippen molar-refractivity contribution in [3.63, 3.8) is 0 Å². The van der Waals surface area contributed by atoms with Crippen LogP contribution in [0.15, 0.2) is 53.6 Å². The highest BCUT2D eigenvalue weighted by Gasteiger charge is 2.22. The predicted octanol–water partition coefficient (Wildman–Crippen LogP) is 3.64. The number of carbonyl (C=O) groups excluding carboxylic acids is 1. The molecule has 2 aromatic carbocycles. The molecule has 0 aliphatic rings. The fourth-order valence-electron chi connectivity index (χ4n) is 3.25. The lowest BCUT2D eigenvalue weighted by atomic mass is 10.1. The number of benzene rings is 2. The number of rotatable bonds is 3. The van der Waals surface area contributed by atoms with Gasteiger partial charge in [-0.05, 0) is 61.4 Å². The maximum Gasteiger partial charge on any atom is 0.279 e. The molecule has 4 aromatic rings. The number of nitrogens with one attached hydrogen (secondary N) is 1. The first-order valence-corrected chi connectivity index (χ1v) is 9.31. The molecule has 8 heteroatoms. The number of halogens is 1. The zero-order valence-corrected chi connectivity index (χ0v) is 16.9. The number of nitrogens with zero attached hydrogens (tertiary/aromatic N) is 4. The summed E-state index contributed by atoms with van der Waals surface area (Å²) in [5.41, 5.74) is 3.57. The van der Waals surface area contributed by atoms with Crippen molar-refractivity contribution in [2.24, 2.45) is 7.05 Å². The zero-order valence-electron chi connectivity index (χ0n) is 16.1. The minimum atomic E-state index is -0.437. The van der Waals surface area contributed by atoms with Crippen molar-refractivity contribution in [2.75, 3.05) is 5.32 Å². The summed E-state index contributed by atoms with van der Waals surface area (Å²) < 4.78 is 2.78. The number of amides is 1. The summed E-state index contributed by atoms with van der Waals surface area (Å²) in [7, 11) is 1.60. The SMILES string of the molecule is Cc1cc(C)cc(NC(=O)c2nn(-c3ccc(Cl)cc3)c3c(=O)n(C)cnc23)c1. The van der Waals surface area contributed by atoms with Gasteiger partial charge in [0.2, 0.25) is 0 Å². The minimum absolute atomic E-state index is 0.0757. The number of anilines is 1. The molecule has 7 nitrogen and oxygen atoms in total. The second-order valence-corrected chi connectivity index (χ2v) is 7.36. The molecule has 0 fully saturated rings. The second kappa shape index (κ2) is 7.18. The van der Waals surface area contributed by atoms with Gasteiger partial charge < -0.3 is 9.88 Å². The molecule has 1 amide bonds. The zero-order chi connectivity index (χ0) is 20.7. The number of carbonyl (C=O) groups is 1. The van der Waals surface area contributed by atoms with Crippen molar-refractivity contribution < 1.29 is 4.79 Å². The Morgan fingerprint density at radius 1 is 1.07 bits per heavy atom. The average molecular weight is 408 g/mol. The average Bonchev–Trinajstić information content (AvgIpc) is 3.05. The highest BCUT2D eigenvalue weighted by Crippen LogP contribution is 2.21. The standard InChI is InChI=1S/C21H18ClN5O2/c1-12-8-13(2)10-15(9-12)24-20(28)18-17-19(21(29)26(3)11-23-17)27(25-18)16-6-4-14(22)5-7-16/h4-11H,1-3H3,(H,24,28). The minimum Gasteiger partial charge on any atom is -0.321 e. The molecule has 1 N–H and O–H groups in total. The third-order valence-corrected chi connectivity index (χ3v) is 4.76. The van der Waals surface area contributed by atoms with Crippen LogP contribution in [0.1, 0.15) is 21.6 Å². The summed E-state index contributed by atoms with van der Waals surface area (Å²) in [6, 6.07) is 12.6. The lowest BCUT2D eigenvalue weighted by Gasteiger charge is -2.06. The Labute approximate surface area is 171 Å². The monoisotopic (exact) mass is 407 g/mol. The van der Waals surface area contributed by atoms with E-state index in [2.05, 4.69) is 15.4 Å². The van der Waals surface area contributed by atoms with E-state index in [9.17, 15) is 9.59 Å². The molecule has 0 saturated carbocycles. The quantitative estimate of drug-likeness (QED) is 0.562. The fraction of sp³-hybridized carbons (Fsp3) is 0.143. The van der Waals surface area contributed by atoms with Gasteiger partial charge >= 0.3 is 0 Å². The van der Waals surface area contributed by atoms with Crippen molar-refractivity contribution in [3.8, 4) is 5.69 Å². The number of hydrogen-bond donors (Lipinski definition) is 1. The lowest BCUT2D eigenvalue weighted by Crippen LogP contribution is -2.19. The lowest BCUT2D eigenvalue weighted by molar-refractivity contribution is 0.102. The van der Waals surface area contributed by atoms with E-state index in [1.807, 2.05) is 32.0 Å². The van der Waals surface area contributed by atoms with Crippen LogP contribution in [0.3, 0.4) is 0 Å². The maximum absolute atomic E-state index is 13.0.